The summed E-state index contributed by atoms with van der Waals surface area (Å²) >= 11 is 2.40. The number of benzene rings is 2. The molecule has 1 unspecified atom stereocenters. The quantitative estimate of drug-likeness (QED) is 0.443. The van der Waals surface area contributed by atoms with Crippen LogP contribution in [-0.4, -0.2) is 21.2 Å². The van der Waals surface area contributed by atoms with Crippen molar-refractivity contribution in [2.75, 3.05) is 5.32 Å². The van der Waals surface area contributed by atoms with E-state index in [9.17, 15) is 18.0 Å². The van der Waals surface area contributed by atoms with Crippen LogP contribution in [0.15, 0.2) is 46.8 Å². The van der Waals surface area contributed by atoms with Gasteiger partial charge in [-0.2, -0.15) is 0 Å². The normalized spacial score (nSPS) is 12.0. The first-order valence-corrected chi connectivity index (χ1v) is 9.60. The molecule has 0 fully saturated rings. The summed E-state index contributed by atoms with van der Waals surface area (Å²) in [5.41, 5.74) is 0.728. The van der Waals surface area contributed by atoms with Crippen molar-refractivity contribution < 1.29 is 18.0 Å². The van der Waals surface area contributed by atoms with Crippen LogP contribution in [0.2, 0.25) is 0 Å². The Morgan fingerprint density at radius 1 is 1.11 bits per heavy atom. The largest absolute Gasteiger partial charge is 0.356 e. The minimum absolute atomic E-state index is 0.157. The second-order valence-corrected chi connectivity index (χ2v) is 8.17. The fourth-order valence-corrected chi connectivity index (χ4v) is 4.18. The number of ketones is 1. The Balaban J connectivity index is 1.59. The zero-order valence-corrected chi connectivity index (χ0v) is 15.7. The number of halogens is 3. The third-order valence-corrected chi connectivity index (χ3v) is 5.67. The Bertz CT molecular complexity index is 947. The van der Waals surface area contributed by atoms with Crippen LogP contribution in [0.25, 0.3) is 0 Å². The molecule has 4 nitrogen and oxygen atoms in total. The predicted molar refractivity (Wildman–Crippen MR) is 99.6 cm³/mol. The number of anilines is 1. The van der Waals surface area contributed by atoms with Gasteiger partial charge in [0.25, 0.3) is 0 Å². The van der Waals surface area contributed by atoms with E-state index in [0.717, 1.165) is 29.5 Å². The van der Waals surface area contributed by atoms with E-state index in [2.05, 4.69) is 15.5 Å². The predicted octanol–water partition coefficient (Wildman–Crippen LogP) is 4.93. The molecule has 3 rings (SSSR count). The van der Waals surface area contributed by atoms with Crippen LogP contribution >= 0.6 is 23.1 Å². The Morgan fingerprint density at radius 3 is 2.52 bits per heavy atom. The second kappa shape index (κ2) is 8.53. The van der Waals surface area contributed by atoms with Crippen molar-refractivity contribution in [3.63, 3.8) is 0 Å². The number of nitrogens with one attached hydrogen (secondary N) is 1. The molecule has 0 bridgehead atoms. The zero-order valence-electron chi connectivity index (χ0n) is 14.1. The van der Waals surface area contributed by atoms with Crippen LogP contribution < -0.4 is 5.32 Å². The van der Waals surface area contributed by atoms with Gasteiger partial charge >= 0.3 is 0 Å². The molecular formula is C18H14F3N3OS2. The molecular weight excluding hydrogens is 395 g/mol. The Hall–Kier alpha value is -2.39. The second-order valence-electron chi connectivity index (χ2n) is 5.60. The lowest BCUT2D eigenvalue weighted by Gasteiger charge is -2.08. The van der Waals surface area contributed by atoms with Crippen molar-refractivity contribution in [3.8, 4) is 0 Å². The van der Waals surface area contributed by atoms with E-state index in [0.29, 0.717) is 22.1 Å². The number of hydrogen-bond donors (Lipinski definition) is 1. The summed E-state index contributed by atoms with van der Waals surface area (Å²) in [5.74, 6) is -2.37. The number of carbonyl (C=O) groups is 1. The SMILES string of the molecule is CC(Sc1nnc(NCc2ccc(F)cc2)s1)C(=O)c1ccc(F)cc1F. The van der Waals surface area contributed by atoms with Gasteiger partial charge in [0.05, 0.1) is 10.8 Å². The molecule has 27 heavy (non-hydrogen) atoms. The van der Waals surface area contributed by atoms with Gasteiger partial charge in [0, 0.05) is 12.6 Å². The van der Waals surface area contributed by atoms with E-state index < -0.39 is 22.7 Å². The zero-order chi connectivity index (χ0) is 19.4. The first kappa shape index (κ1) is 19.4. The molecule has 0 radical (unpaired) electrons. The van der Waals surface area contributed by atoms with Crippen molar-refractivity contribution in [1.82, 2.24) is 10.2 Å². The summed E-state index contributed by atoms with van der Waals surface area (Å²) in [6.45, 7) is 2.08. The van der Waals surface area contributed by atoms with Gasteiger partial charge in [-0.3, -0.25) is 4.79 Å². The third kappa shape index (κ3) is 5.08. The monoisotopic (exact) mass is 409 g/mol. The van der Waals surface area contributed by atoms with Crippen LogP contribution in [0.5, 0.6) is 0 Å². The average Bonchev–Trinajstić information content (AvgIpc) is 3.08. The van der Waals surface area contributed by atoms with Crippen LogP contribution in [0, 0.1) is 17.5 Å². The molecule has 2 aromatic carbocycles. The van der Waals surface area contributed by atoms with Crippen LogP contribution in [0.3, 0.4) is 0 Å². The molecule has 0 saturated carbocycles. The van der Waals surface area contributed by atoms with E-state index in [1.165, 1.54) is 23.5 Å². The molecule has 0 aliphatic rings. The topological polar surface area (TPSA) is 54.9 Å². The number of nitrogens with zero attached hydrogens (tertiary/aromatic N) is 2. The highest BCUT2D eigenvalue weighted by molar-refractivity contribution is 8.02. The van der Waals surface area contributed by atoms with Gasteiger partial charge in [0.2, 0.25) is 5.13 Å². The highest BCUT2D eigenvalue weighted by atomic mass is 32.2. The van der Waals surface area contributed by atoms with E-state index in [1.807, 2.05) is 0 Å². The maximum Gasteiger partial charge on any atom is 0.206 e. The third-order valence-electron chi connectivity index (χ3n) is 3.61. The lowest BCUT2D eigenvalue weighted by Crippen LogP contribution is -2.15. The minimum atomic E-state index is -0.883. The van der Waals surface area contributed by atoms with E-state index >= 15 is 0 Å². The summed E-state index contributed by atoms with van der Waals surface area (Å²) in [7, 11) is 0. The smallest absolute Gasteiger partial charge is 0.206 e. The van der Waals surface area contributed by atoms with Crippen molar-refractivity contribution in [2.45, 2.75) is 23.1 Å². The van der Waals surface area contributed by atoms with Crippen LogP contribution in [-0.2, 0) is 6.54 Å². The first-order chi connectivity index (χ1) is 12.9. The number of aromatic nitrogens is 2. The molecule has 1 heterocycles. The minimum Gasteiger partial charge on any atom is -0.356 e. The first-order valence-electron chi connectivity index (χ1n) is 7.90. The maximum atomic E-state index is 13.8. The van der Waals surface area contributed by atoms with E-state index in [1.54, 1.807) is 19.1 Å². The number of Topliss-reactive ketones (excluding diaryl/α,β-unsaturated/α-hetero) is 1. The summed E-state index contributed by atoms with van der Waals surface area (Å²) in [6, 6.07) is 8.96. The molecule has 0 saturated heterocycles. The molecule has 0 spiro atoms. The molecule has 0 aliphatic heterocycles. The van der Waals surface area contributed by atoms with Crippen molar-refractivity contribution >= 4 is 34.0 Å². The summed E-state index contributed by atoms with van der Waals surface area (Å²) in [5, 5.41) is 11.0. The number of rotatable bonds is 7. The molecule has 140 valence electrons. The van der Waals surface area contributed by atoms with Crippen LogP contribution in [0.4, 0.5) is 18.3 Å². The number of carbonyl (C=O) groups excluding carboxylic acids is 1. The van der Waals surface area contributed by atoms with Gasteiger partial charge in [0.15, 0.2) is 10.1 Å². The van der Waals surface area contributed by atoms with Gasteiger partial charge in [-0.1, -0.05) is 35.2 Å². The molecule has 0 amide bonds. The fourth-order valence-electron chi connectivity index (χ4n) is 2.22. The summed E-state index contributed by atoms with van der Waals surface area (Å²) < 4.78 is 40.2. The Kier molecular flexibility index (Phi) is 6.12. The fraction of sp³-hybridized carbons (Fsp3) is 0.167. The van der Waals surface area contributed by atoms with Crippen molar-refractivity contribution in [1.29, 1.82) is 0 Å². The van der Waals surface area contributed by atoms with Gasteiger partial charge in [-0.25, -0.2) is 13.2 Å². The standard InChI is InChI=1S/C18H14F3N3OS2/c1-10(16(25)14-7-6-13(20)8-15(14)21)26-18-24-23-17(27-18)22-9-11-2-4-12(19)5-3-11/h2-8,10H,9H2,1H3,(H,22,23). The summed E-state index contributed by atoms with van der Waals surface area (Å²) in [4.78, 5) is 12.4. The number of thioether (sulfide) groups is 1. The lowest BCUT2D eigenvalue weighted by atomic mass is 10.1. The highest BCUT2D eigenvalue weighted by Gasteiger charge is 2.22. The number of hydrogen-bond acceptors (Lipinski definition) is 6. The Labute approximate surface area is 161 Å². The average molecular weight is 409 g/mol. The van der Waals surface area contributed by atoms with E-state index in [-0.39, 0.29) is 11.4 Å². The lowest BCUT2D eigenvalue weighted by molar-refractivity contribution is 0.0990. The molecule has 1 aromatic heterocycles. The maximum absolute atomic E-state index is 13.8. The van der Waals surface area contributed by atoms with Crippen LogP contribution in [0.1, 0.15) is 22.8 Å². The van der Waals surface area contributed by atoms with Gasteiger partial charge in [-0.15, -0.1) is 10.2 Å². The van der Waals surface area contributed by atoms with E-state index in [4.69, 9.17) is 0 Å². The summed E-state index contributed by atoms with van der Waals surface area (Å²) in [6.07, 6.45) is 0. The molecule has 3 aromatic rings. The van der Waals surface area contributed by atoms with Gasteiger partial charge in [0.1, 0.15) is 17.5 Å². The highest BCUT2D eigenvalue weighted by Crippen LogP contribution is 2.31. The van der Waals surface area contributed by atoms with Crippen molar-refractivity contribution in [2.24, 2.45) is 0 Å². The van der Waals surface area contributed by atoms with Crippen molar-refractivity contribution in [3.05, 3.63) is 71.0 Å². The molecule has 1 N–H and O–H groups in total. The molecule has 0 aliphatic carbocycles. The molecule has 9 heteroatoms. The van der Waals surface area contributed by atoms with Gasteiger partial charge < -0.3 is 5.32 Å². The van der Waals surface area contributed by atoms with Gasteiger partial charge in [-0.05, 0) is 36.8 Å². The molecule has 1 atom stereocenters. The Morgan fingerprint density at radius 2 is 1.81 bits per heavy atom.